The van der Waals surface area contributed by atoms with Gasteiger partial charge in [-0.05, 0) is 12.5 Å². The van der Waals surface area contributed by atoms with Gasteiger partial charge < -0.3 is 14.8 Å². The Morgan fingerprint density at radius 1 is 1.38 bits per heavy atom. The van der Waals surface area contributed by atoms with Gasteiger partial charge in [0.05, 0.1) is 30.2 Å². The van der Waals surface area contributed by atoms with Crippen molar-refractivity contribution in [2.24, 2.45) is 18.9 Å². The number of hydrogen-bond donors (Lipinski definition) is 1. The Balaban J connectivity index is 1.53. The summed E-state index contributed by atoms with van der Waals surface area (Å²) in [4.78, 5) is 24.9. The fraction of sp³-hybridized carbons (Fsp3) is 0.526. The van der Waals surface area contributed by atoms with Crippen LogP contribution in [-0.2, 0) is 27.7 Å². The van der Waals surface area contributed by atoms with E-state index in [1.807, 2.05) is 18.2 Å². The van der Waals surface area contributed by atoms with Crippen molar-refractivity contribution in [2.45, 2.75) is 25.0 Å². The highest BCUT2D eigenvalue weighted by molar-refractivity contribution is 5.88. The molecule has 26 heavy (non-hydrogen) atoms. The standard InChI is InChI=1S/C19H23N3O4/c1-22-19(24)12-6-4-3-5-11(12)15(21-22)9-16(23)20-17-13-7-8-26-18(13)14(17)10-25-2/h3-6,13-14,17-18H,7-10H2,1-2H3,(H,20,23)/t13-,14+,17-,18-/m0/s1. The number of carbonyl (C=O) groups is 1. The molecule has 7 heteroatoms. The highest BCUT2D eigenvalue weighted by atomic mass is 16.5. The maximum atomic E-state index is 12.7. The summed E-state index contributed by atoms with van der Waals surface area (Å²) in [5.74, 6) is 0.475. The number of aryl methyl sites for hydroxylation is 1. The normalized spacial score (nSPS) is 27.2. The summed E-state index contributed by atoms with van der Waals surface area (Å²) in [7, 11) is 3.28. The summed E-state index contributed by atoms with van der Waals surface area (Å²) in [5.41, 5.74) is 0.455. The van der Waals surface area contributed by atoms with Crippen molar-refractivity contribution in [3.63, 3.8) is 0 Å². The molecule has 1 N–H and O–H groups in total. The Kier molecular flexibility index (Phi) is 4.50. The first-order valence-corrected chi connectivity index (χ1v) is 8.95. The van der Waals surface area contributed by atoms with E-state index in [2.05, 4.69) is 10.4 Å². The van der Waals surface area contributed by atoms with Gasteiger partial charge in [0.2, 0.25) is 5.91 Å². The van der Waals surface area contributed by atoms with Gasteiger partial charge in [0.25, 0.3) is 5.56 Å². The second-order valence-corrected chi connectivity index (χ2v) is 7.10. The van der Waals surface area contributed by atoms with Crippen LogP contribution in [0.2, 0.25) is 0 Å². The van der Waals surface area contributed by atoms with E-state index in [-0.39, 0.29) is 36.0 Å². The molecule has 2 aromatic rings. The lowest BCUT2D eigenvalue weighted by Crippen LogP contribution is -2.63. The molecule has 2 aliphatic rings. The first-order valence-electron chi connectivity index (χ1n) is 8.95. The molecule has 4 atom stereocenters. The number of fused-ring (bicyclic) bond motifs is 2. The van der Waals surface area contributed by atoms with Crippen molar-refractivity contribution in [2.75, 3.05) is 20.3 Å². The van der Waals surface area contributed by atoms with Gasteiger partial charge in [-0.25, -0.2) is 4.68 Å². The zero-order valence-corrected chi connectivity index (χ0v) is 15.0. The summed E-state index contributed by atoms with van der Waals surface area (Å²) in [5, 5.41) is 8.76. The molecule has 1 aromatic carbocycles. The minimum Gasteiger partial charge on any atom is -0.384 e. The van der Waals surface area contributed by atoms with Crippen LogP contribution in [0.15, 0.2) is 29.1 Å². The molecular formula is C19H23N3O4. The number of amides is 1. The summed E-state index contributed by atoms with van der Waals surface area (Å²) in [6.07, 6.45) is 1.30. The second-order valence-electron chi connectivity index (χ2n) is 7.10. The van der Waals surface area contributed by atoms with Crippen LogP contribution >= 0.6 is 0 Å². The van der Waals surface area contributed by atoms with Gasteiger partial charge in [0, 0.05) is 44.0 Å². The Morgan fingerprint density at radius 3 is 2.92 bits per heavy atom. The van der Waals surface area contributed by atoms with Gasteiger partial charge in [0.1, 0.15) is 0 Å². The topological polar surface area (TPSA) is 82.5 Å². The lowest BCUT2D eigenvalue weighted by molar-refractivity contribution is -0.129. The van der Waals surface area contributed by atoms with Crippen LogP contribution in [-0.4, -0.2) is 48.2 Å². The molecule has 1 aliphatic carbocycles. The molecule has 138 valence electrons. The number of benzene rings is 1. The number of rotatable bonds is 5. The van der Waals surface area contributed by atoms with Gasteiger partial charge >= 0.3 is 0 Å². The third kappa shape index (κ3) is 2.81. The SMILES string of the molecule is COC[C@@H]1[C@@H](NC(=O)Cc2nn(C)c(=O)c3ccccc23)[C@@H]2CCO[C@H]12. The first kappa shape index (κ1) is 17.2. The highest BCUT2D eigenvalue weighted by Gasteiger charge is 2.54. The van der Waals surface area contributed by atoms with Gasteiger partial charge in [-0.1, -0.05) is 18.2 Å². The maximum Gasteiger partial charge on any atom is 0.274 e. The molecule has 0 spiro atoms. The van der Waals surface area contributed by atoms with Gasteiger partial charge in [-0.15, -0.1) is 0 Å². The van der Waals surface area contributed by atoms with Crippen molar-refractivity contribution in [3.05, 3.63) is 40.3 Å². The number of hydrogen-bond acceptors (Lipinski definition) is 5. The third-order valence-corrected chi connectivity index (χ3v) is 5.58. The Hall–Kier alpha value is -2.25. The number of carbonyl (C=O) groups excluding carboxylic acids is 1. The summed E-state index contributed by atoms with van der Waals surface area (Å²) in [6, 6.07) is 7.35. The van der Waals surface area contributed by atoms with E-state index in [1.165, 1.54) is 4.68 Å². The fourth-order valence-electron chi connectivity index (χ4n) is 4.33. The minimum atomic E-state index is -0.158. The summed E-state index contributed by atoms with van der Waals surface area (Å²) in [6.45, 7) is 1.32. The molecule has 1 aliphatic heterocycles. The number of nitrogens with one attached hydrogen (secondary N) is 1. The van der Waals surface area contributed by atoms with E-state index in [9.17, 15) is 9.59 Å². The Morgan fingerprint density at radius 2 is 2.15 bits per heavy atom. The van der Waals surface area contributed by atoms with Gasteiger partial charge in [-0.3, -0.25) is 9.59 Å². The van der Waals surface area contributed by atoms with Crippen LogP contribution in [0.3, 0.4) is 0 Å². The smallest absolute Gasteiger partial charge is 0.274 e. The maximum absolute atomic E-state index is 12.7. The molecule has 2 heterocycles. The van der Waals surface area contributed by atoms with E-state index in [0.29, 0.717) is 23.6 Å². The monoisotopic (exact) mass is 357 g/mol. The van der Waals surface area contributed by atoms with Crippen LogP contribution < -0.4 is 10.9 Å². The molecule has 2 fully saturated rings. The Bertz CT molecular complexity index is 894. The van der Waals surface area contributed by atoms with Crippen molar-refractivity contribution in [3.8, 4) is 0 Å². The molecule has 4 rings (SSSR count). The third-order valence-electron chi connectivity index (χ3n) is 5.58. The number of aromatic nitrogens is 2. The van der Waals surface area contributed by atoms with E-state index in [1.54, 1.807) is 20.2 Å². The van der Waals surface area contributed by atoms with Crippen molar-refractivity contribution < 1.29 is 14.3 Å². The van der Waals surface area contributed by atoms with Crippen molar-refractivity contribution >= 4 is 16.7 Å². The lowest BCUT2D eigenvalue weighted by atomic mass is 9.67. The van der Waals surface area contributed by atoms with Crippen LogP contribution in [0.5, 0.6) is 0 Å². The largest absolute Gasteiger partial charge is 0.384 e. The molecule has 0 bridgehead atoms. The summed E-state index contributed by atoms with van der Waals surface area (Å²) >= 11 is 0. The van der Waals surface area contributed by atoms with Crippen molar-refractivity contribution in [1.29, 1.82) is 0 Å². The van der Waals surface area contributed by atoms with E-state index >= 15 is 0 Å². The quantitative estimate of drug-likeness (QED) is 0.849. The van der Waals surface area contributed by atoms with E-state index in [0.717, 1.165) is 18.4 Å². The first-order chi connectivity index (χ1) is 12.6. The molecule has 1 amide bonds. The molecular weight excluding hydrogens is 334 g/mol. The number of nitrogens with zero attached hydrogens (tertiary/aromatic N) is 2. The number of ether oxygens (including phenoxy) is 2. The second kappa shape index (κ2) is 6.81. The van der Waals surface area contributed by atoms with Crippen LogP contribution in [0.25, 0.3) is 10.8 Å². The molecule has 1 saturated carbocycles. The van der Waals surface area contributed by atoms with Gasteiger partial charge in [-0.2, -0.15) is 5.10 Å². The van der Waals surface area contributed by atoms with E-state index in [4.69, 9.17) is 9.47 Å². The molecule has 0 radical (unpaired) electrons. The Labute approximate surface area is 151 Å². The highest BCUT2D eigenvalue weighted by Crippen LogP contribution is 2.43. The lowest BCUT2D eigenvalue weighted by Gasteiger charge is -2.47. The van der Waals surface area contributed by atoms with Crippen LogP contribution in [0.4, 0.5) is 0 Å². The molecule has 7 nitrogen and oxygen atoms in total. The minimum absolute atomic E-state index is 0.0775. The summed E-state index contributed by atoms with van der Waals surface area (Å²) < 4.78 is 12.3. The van der Waals surface area contributed by atoms with E-state index < -0.39 is 0 Å². The zero-order chi connectivity index (χ0) is 18.3. The predicted molar refractivity (Wildman–Crippen MR) is 95.8 cm³/mol. The zero-order valence-electron chi connectivity index (χ0n) is 15.0. The number of methoxy groups -OCH3 is 1. The predicted octanol–water partition coefficient (Wildman–Crippen LogP) is 0.642. The average Bonchev–Trinajstić information content (AvgIpc) is 3.06. The van der Waals surface area contributed by atoms with Crippen LogP contribution in [0, 0.1) is 11.8 Å². The molecule has 1 aromatic heterocycles. The fourth-order valence-corrected chi connectivity index (χ4v) is 4.33. The van der Waals surface area contributed by atoms with Gasteiger partial charge in [0.15, 0.2) is 0 Å². The molecule has 0 unspecified atom stereocenters. The molecule has 1 saturated heterocycles. The van der Waals surface area contributed by atoms with Crippen LogP contribution in [0.1, 0.15) is 12.1 Å². The van der Waals surface area contributed by atoms with Crippen molar-refractivity contribution in [1.82, 2.24) is 15.1 Å². The average molecular weight is 357 g/mol.